The van der Waals surface area contributed by atoms with Gasteiger partial charge >= 0.3 is 0 Å². The number of ether oxygens (including phenoxy) is 1. The Labute approximate surface area is 166 Å². The zero-order chi connectivity index (χ0) is 20.3. The molecule has 0 saturated carbocycles. The standard InChI is InChI=1S/C21H26N2O4S/c1-15(27-18-13-11-17(12-14-18)23(2)28(3,25)26)21(24)22-20-10-6-8-16-7-4-5-9-19(16)20/h4-5,7,9,11-15,20H,6,8,10H2,1-3H3,(H,22,24)/t15-,20-/m0/s1. The number of hydrogen-bond donors (Lipinski definition) is 1. The quantitative estimate of drug-likeness (QED) is 0.806. The van der Waals surface area contributed by atoms with Gasteiger partial charge in [-0.25, -0.2) is 8.42 Å². The average molecular weight is 403 g/mol. The zero-order valence-electron chi connectivity index (χ0n) is 16.4. The van der Waals surface area contributed by atoms with Crippen LogP contribution in [0, 0.1) is 0 Å². The predicted molar refractivity (Wildman–Crippen MR) is 110 cm³/mol. The number of hydrogen-bond acceptors (Lipinski definition) is 4. The van der Waals surface area contributed by atoms with Gasteiger partial charge in [0.25, 0.3) is 5.91 Å². The van der Waals surface area contributed by atoms with Gasteiger partial charge in [0.15, 0.2) is 6.10 Å². The summed E-state index contributed by atoms with van der Waals surface area (Å²) in [7, 11) is -1.83. The minimum Gasteiger partial charge on any atom is -0.481 e. The summed E-state index contributed by atoms with van der Waals surface area (Å²) >= 11 is 0. The largest absolute Gasteiger partial charge is 0.481 e. The van der Waals surface area contributed by atoms with E-state index in [0.717, 1.165) is 25.5 Å². The Hall–Kier alpha value is -2.54. The molecule has 6 nitrogen and oxygen atoms in total. The fourth-order valence-corrected chi connectivity index (χ4v) is 3.88. The van der Waals surface area contributed by atoms with E-state index in [1.54, 1.807) is 31.2 Å². The van der Waals surface area contributed by atoms with Gasteiger partial charge in [-0.3, -0.25) is 9.10 Å². The van der Waals surface area contributed by atoms with Gasteiger partial charge in [-0.15, -0.1) is 0 Å². The Bertz CT molecular complexity index is 941. The second-order valence-corrected chi connectivity index (χ2v) is 9.15. The highest BCUT2D eigenvalue weighted by Gasteiger charge is 2.24. The van der Waals surface area contributed by atoms with Crippen LogP contribution >= 0.6 is 0 Å². The Morgan fingerprint density at radius 2 is 1.86 bits per heavy atom. The van der Waals surface area contributed by atoms with Gasteiger partial charge in [0.1, 0.15) is 5.75 Å². The van der Waals surface area contributed by atoms with Crippen LogP contribution in [-0.2, 0) is 21.2 Å². The molecule has 1 aliphatic carbocycles. The van der Waals surface area contributed by atoms with Crippen LogP contribution in [-0.4, -0.2) is 33.7 Å². The van der Waals surface area contributed by atoms with Crippen LogP contribution < -0.4 is 14.4 Å². The zero-order valence-corrected chi connectivity index (χ0v) is 17.2. The van der Waals surface area contributed by atoms with Crippen LogP contribution in [0.4, 0.5) is 5.69 Å². The van der Waals surface area contributed by atoms with Crippen molar-refractivity contribution in [1.82, 2.24) is 5.32 Å². The van der Waals surface area contributed by atoms with E-state index in [9.17, 15) is 13.2 Å². The lowest BCUT2D eigenvalue weighted by Crippen LogP contribution is -2.39. The molecule has 0 radical (unpaired) electrons. The Morgan fingerprint density at radius 1 is 1.18 bits per heavy atom. The topological polar surface area (TPSA) is 75.7 Å². The molecule has 1 amide bonds. The van der Waals surface area contributed by atoms with Crippen molar-refractivity contribution in [1.29, 1.82) is 0 Å². The average Bonchev–Trinajstić information content (AvgIpc) is 2.67. The summed E-state index contributed by atoms with van der Waals surface area (Å²) in [6.07, 6.45) is 3.50. The van der Waals surface area contributed by atoms with Crippen molar-refractivity contribution >= 4 is 21.6 Å². The number of sulfonamides is 1. The summed E-state index contributed by atoms with van der Waals surface area (Å²) < 4.78 is 30.1. The number of fused-ring (bicyclic) bond motifs is 1. The summed E-state index contributed by atoms with van der Waals surface area (Å²) in [6, 6.07) is 14.8. The molecule has 0 spiro atoms. The first-order valence-electron chi connectivity index (χ1n) is 9.34. The molecule has 0 aromatic heterocycles. The molecular formula is C21H26N2O4S. The van der Waals surface area contributed by atoms with E-state index in [-0.39, 0.29) is 11.9 Å². The lowest BCUT2D eigenvalue weighted by Gasteiger charge is -2.27. The summed E-state index contributed by atoms with van der Waals surface area (Å²) in [5, 5.41) is 3.09. The maximum atomic E-state index is 12.6. The van der Waals surface area contributed by atoms with Crippen molar-refractivity contribution in [2.75, 3.05) is 17.6 Å². The van der Waals surface area contributed by atoms with Crippen molar-refractivity contribution in [3.05, 3.63) is 59.7 Å². The highest BCUT2D eigenvalue weighted by atomic mass is 32.2. The van der Waals surface area contributed by atoms with Crippen molar-refractivity contribution < 1.29 is 17.9 Å². The van der Waals surface area contributed by atoms with Gasteiger partial charge in [0, 0.05) is 7.05 Å². The van der Waals surface area contributed by atoms with Crippen molar-refractivity contribution in [2.24, 2.45) is 0 Å². The molecule has 7 heteroatoms. The second-order valence-electron chi connectivity index (χ2n) is 7.14. The van der Waals surface area contributed by atoms with E-state index in [1.807, 2.05) is 12.1 Å². The maximum Gasteiger partial charge on any atom is 0.261 e. The predicted octanol–water partition coefficient (Wildman–Crippen LogP) is 3.04. The lowest BCUT2D eigenvalue weighted by atomic mass is 9.87. The van der Waals surface area contributed by atoms with Crippen LogP contribution in [0.2, 0.25) is 0 Å². The summed E-state index contributed by atoms with van der Waals surface area (Å²) in [6.45, 7) is 1.71. The van der Waals surface area contributed by atoms with Crippen molar-refractivity contribution in [3.63, 3.8) is 0 Å². The van der Waals surface area contributed by atoms with Gasteiger partial charge < -0.3 is 10.1 Å². The first-order chi connectivity index (χ1) is 13.3. The Kier molecular flexibility index (Phi) is 5.93. The number of amides is 1. The number of nitrogens with one attached hydrogen (secondary N) is 1. The molecule has 1 aliphatic rings. The number of anilines is 1. The molecule has 0 heterocycles. The molecule has 150 valence electrons. The molecule has 1 N–H and O–H groups in total. The van der Waals surface area contributed by atoms with Crippen LogP contribution in [0.3, 0.4) is 0 Å². The van der Waals surface area contributed by atoms with E-state index < -0.39 is 16.1 Å². The van der Waals surface area contributed by atoms with Gasteiger partial charge in [-0.1, -0.05) is 24.3 Å². The molecule has 28 heavy (non-hydrogen) atoms. The van der Waals surface area contributed by atoms with Crippen LogP contribution in [0.25, 0.3) is 0 Å². The van der Waals surface area contributed by atoms with Crippen LogP contribution in [0.15, 0.2) is 48.5 Å². The molecule has 0 unspecified atom stereocenters. The smallest absolute Gasteiger partial charge is 0.261 e. The van der Waals surface area contributed by atoms with Gasteiger partial charge in [0.2, 0.25) is 10.0 Å². The van der Waals surface area contributed by atoms with Gasteiger partial charge in [-0.2, -0.15) is 0 Å². The first kappa shape index (κ1) is 20.2. The highest BCUT2D eigenvalue weighted by Crippen LogP contribution is 2.29. The Balaban J connectivity index is 1.62. The fraction of sp³-hybridized carbons (Fsp3) is 0.381. The van der Waals surface area contributed by atoms with Crippen LogP contribution in [0.1, 0.15) is 36.9 Å². The van der Waals surface area contributed by atoms with Crippen molar-refractivity contribution in [3.8, 4) is 5.75 Å². The van der Waals surface area contributed by atoms with E-state index in [1.165, 1.54) is 22.5 Å². The number of carbonyl (C=O) groups is 1. The summed E-state index contributed by atoms with van der Waals surface area (Å²) in [4.78, 5) is 12.6. The summed E-state index contributed by atoms with van der Waals surface area (Å²) in [5.41, 5.74) is 3.01. The number of benzene rings is 2. The number of aryl methyl sites for hydroxylation is 1. The SMILES string of the molecule is C[C@H](Oc1ccc(N(C)S(C)(=O)=O)cc1)C(=O)N[C@H]1CCCc2ccccc21. The van der Waals surface area contributed by atoms with Gasteiger partial charge in [-0.05, 0) is 61.6 Å². The van der Waals surface area contributed by atoms with E-state index in [2.05, 4.69) is 17.4 Å². The molecule has 2 aromatic carbocycles. The highest BCUT2D eigenvalue weighted by molar-refractivity contribution is 7.92. The fourth-order valence-electron chi connectivity index (χ4n) is 3.38. The van der Waals surface area contributed by atoms with E-state index >= 15 is 0 Å². The van der Waals surface area contributed by atoms with Crippen molar-refractivity contribution in [2.45, 2.75) is 38.3 Å². The minimum absolute atomic E-state index is 0.00860. The first-order valence-corrected chi connectivity index (χ1v) is 11.2. The minimum atomic E-state index is -3.32. The monoisotopic (exact) mass is 402 g/mol. The molecule has 0 aliphatic heterocycles. The maximum absolute atomic E-state index is 12.6. The number of nitrogens with zero attached hydrogens (tertiary/aromatic N) is 1. The third-order valence-electron chi connectivity index (χ3n) is 5.07. The molecule has 0 fully saturated rings. The van der Waals surface area contributed by atoms with E-state index in [4.69, 9.17) is 4.74 Å². The second kappa shape index (κ2) is 8.22. The Morgan fingerprint density at radius 3 is 2.54 bits per heavy atom. The third-order valence-corrected chi connectivity index (χ3v) is 6.27. The number of rotatable bonds is 6. The molecule has 0 saturated heterocycles. The molecular weight excluding hydrogens is 376 g/mol. The molecule has 3 rings (SSSR count). The summed E-state index contributed by atoms with van der Waals surface area (Å²) in [5.74, 6) is 0.344. The van der Waals surface area contributed by atoms with Crippen LogP contribution in [0.5, 0.6) is 5.75 Å². The van der Waals surface area contributed by atoms with Gasteiger partial charge in [0.05, 0.1) is 18.0 Å². The third kappa shape index (κ3) is 4.65. The van der Waals surface area contributed by atoms with E-state index in [0.29, 0.717) is 11.4 Å². The molecule has 2 atom stereocenters. The molecule has 2 aromatic rings. The normalized spacial score (nSPS) is 17.3. The molecule has 0 bridgehead atoms. The number of carbonyl (C=O) groups excluding carboxylic acids is 1. The lowest BCUT2D eigenvalue weighted by molar-refractivity contribution is -0.128.